The molecule has 5 fully saturated rings. The van der Waals surface area contributed by atoms with Gasteiger partial charge in [-0.1, -0.05) is 24.3 Å². The quantitative estimate of drug-likeness (QED) is 0.242. The van der Waals surface area contributed by atoms with Crippen molar-refractivity contribution < 1.29 is 28.3 Å². The van der Waals surface area contributed by atoms with Crippen LogP contribution in [0.4, 0.5) is 10.5 Å². The third-order valence-electron chi connectivity index (χ3n) is 9.38. The van der Waals surface area contributed by atoms with Crippen LogP contribution in [0.25, 0.3) is 17.4 Å². The number of anilines is 1. The molecule has 8 rings (SSSR count). The average Bonchev–Trinajstić information content (AvgIpc) is 3.43. The van der Waals surface area contributed by atoms with Gasteiger partial charge in [-0.3, -0.25) is 14.9 Å². The number of rotatable bonds is 5. The second-order valence-corrected chi connectivity index (χ2v) is 12.0. The fraction of sp³-hybridized carbons (Fsp3) is 0.333. The Kier molecular flexibility index (Phi) is 5.96. The summed E-state index contributed by atoms with van der Waals surface area (Å²) in [5.41, 5.74) is 2.84. The number of ether oxygens (including phenoxy) is 1. The van der Waals surface area contributed by atoms with E-state index in [2.05, 4.69) is 17.4 Å². The summed E-state index contributed by atoms with van der Waals surface area (Å²) in [7, 11) is 1.32. The van der Waals surface area contributed by atoms with E-state index >= 15 is 0 Å². The number of urea groups is 1. The summed E-state index contributed by atoms with van der Waals surface area (Å²) in [5.74, 6) is 1.29. The number of nitrogens with zero attached hydrogens (tertiary/aromatic N) is 1. The van der Waals surface area contributed by atoms with Gasteiger partial charge < -0.3 is 9.15 Å². The normalized spacial score (nSPS) is 27.8. The zero-order valence-electron chi connectivity index (χ0n) is 22.7. The molecular weight excluding hydrogens is 520 g/mol. The Morgan fingerprint density at radius 3 is 2.15 bits per heavy atom. The molecule has 208 valence electrons. The highest BCUT2D eigenvalue weighted by atomic mass is 16.5. The minimum atomic E-state index is -0.776. The van der Waals surface area contributed by atoms with Crippen molar-refractivity contribution >= 4 is 35.6 Å². The zero-order valence-corrected chi connectivity index (χ0v) is 22.7. The first kappa shape index (κ1) is 25.5. The maximum absolute atomic E-state index is 13.5. The Hall–Kier alpha value is -4.46. The molecule has 0 spiro atoms. The Bertz CT molecular complexity index is 1560. The molecule has 8 nitrogen and oxygen atoms in total. The van der Waals surface area contributed by atoms with Crippen LogP contribution in [0.5, 0.6) is 0 Å². The van der Waals surface area contributed by atoms with Gasteiger partial charge in [-0.05, 0) is 110 Å². The number of benzene rings is 2. The van der Waals surface area contributed by atoms with Crippen molar-refractivity contribution in [1.82, 2.24) is 5.32 Å². The summed E-state index contributed by atoms with van der Waals surface area (Å²) in [6.07, 6.45) is 9.11. The first-order chi connectivity index (χ1) is 19.8. The summed E-state index contributed by atoms with van der Waals surface area (Å²) in [4.78, 5) is 51.6. The number of hydrogen-bond donors (Lipinski definition) is 1. The number of imide groups is 2. The molecule has 0 unspecified atom stereocenters. The van der Waals surface area contributed by atoms with Crippen LogP contribution >= 0.6 is 0 Å². The minimum Gasteiger partial charge on any atom is -0.465 e. The van der Waals surface area contributed by atoms with E-state index in [0.29, 0.717) is 22.6 Å². The van der Waals surface area contributed by atoms with Crippen LogP contribution in [-0.2, 0) is 19.7 Å². The lowest BCUT2D eigenvalue weighted by molar-refractivity contribution is -0.122. The van der Waals surface area contributed by atoms with Crippen LogP contribution < -0.4 is 10.2 Å². The Morgan fingerprint density at radius 2 is 1.54 bits per heavy atom. The molecular formula is C33H30N2O6. The summed E-state index contributed by atoms with van der Waals surface area (Å²) in [6.45, 7) is 0. The average molecular weight is 551 g/mol. The third-order valence-corrected chi connectivity index (χ3v) is 9.38. The Balaban J connectivity index is 1.12. The number of carbonyl (C=O) groups excluding carboxylic acids is 4. The molecule has 2 aromatic carbocycles. The van der Waals surface area contributed by atoms with E-state index in [0.717, 1.165) is 22.7 Å². The minimum absolute atomic E-state index is 0.198. The molecule has 1 aliphatic heterocycles. The van der Waals surface area contributed by atoms with Crippen LogP contribution in [0.2, 0.25) is 0 Å². The molecule has 1 saturated heterocycles. The maximum Gasteiger partial charge on any atom is 0.337 e. The molecule has 4 saturated carbocycles. The molecule has 0 radical (unpaired) electrons. The highest BCUT2D eigenvalue weighted by Crippen LogP contribution is 2.60. The molecule has 8 heteroatoms. The lowest BCUT2D eigenvalue weighted by Crippen LogP contribution is -2.54. The van der Waals surface area contributed by atoms with Crippen molar-refractivity contribution in [2.75, 3.05) is 12.0 Å². The van der Waals surface area contributed by atoms with Crippen molar-refractivity contribution in [3.05, 3.63) is 83.1 Å². The molecule has 4 bridgehead atoms. The molecule has 3 aromatic rings. The van der Waals surface area contributed by atoms with Gasteiger partial charge in [0.25, 0.3) is 11.8 Å². The Morgan fingerprint density at radius 1 is 0.902 bits per heavy atom. The fourth-order valence-corrected chi connectivity index (χ4v) is 7.94. The molecule has 4 amide bonds. The number of barbiturate groups is 1. The predicted molar refractivity (Wildman–Crippen MR) is 151 cm³/mol. The summed E-state index contributed by atoms with van der Waals surface area (Å²) < 4.78 is 10.6. The molecule has 1 N–H and O–H groups in total. The summed E-state index contributed by atoms with van der Waals surface area (Å²) >= 11 is 0. The largest absolute Gasteiger partial charge is 0.465 e. The summed E-state index contributed by atoms with van der Waals surface area (Å²) in [6, 6.07) is 17.0. The van der Waals surface area contributed by atoms with Gasteiger partial charge in [0.1, 0.15) is 17.1 Å². The van der Waals surface area contributed by atoms with Crippen LogP contribution in [-0.4, -0.2) is 30.9 Å². The van der Waals surface area contributed by atoms with Crippen LogP contribution in [0, 0.1) is 17.8 Å². The highest BCUT2D eigenvalue weighted by Gasteiger charge is 2.51. The first-order valence-electron chi connectivity index (χ1n) is 14.1. The standard InChI is InChI=1S/C33H30N2O6/c1-40-31(38)23-4-2-22(3-5-23)28-11-10-26(41-28)15-27-29(36)34-32(39)35(30(27)37)25-8-6-24(7-9-25)33-16-19-12-20(17-33)14-21(13-19)18-33/h2-11,15,19-21H,12-14,16-18H2,1H3,(H,34,36,39)/b27-15+. The van der Waals surface area contributed by atoms with Gasteiger partial charge in [0.05, 0.1) is 18.4 Å². The molecule has 41 heavy (non-hydrogen) atoms. The number of furan rings is 1. The van der Waals surface area contributed by atoms with E-state index in [9.17, 15) is 19.2 Å². The van der Waals surface area contributed by atoms with E-state index in [1.165, 1.54) is 57.3 Å². The van der Waals surface area contributed by atoms with Crippen LogP contribution in [0.1, 0.15) is 60.2 Å². The van der Waals surface area contributed by atoms with Gasteiger partial charge in [-0.2, -0.15) is 0 Å². The number of nitrogens with one attached hydrogen (secondary N) is 1. The van der Waals surface area contributed by atoms with Gasteiger partial charge in [-0.15, -0.1) is 0 Å². The van der Waals surface area contributed by atoms with Gasteiger partial charge in [0.15, 0.2) is 0 Å². The lowest BCUT2D eigenvalue weighted by atomic mass is 9.48. The van der Waals surface area contributed by atoms with Crippen molar-refractivity contribution in [3.8, 4) is 11.3 Å². The van der Waals surface area contributed by atoms with E-state index in [1.54, 1.807) is 36.4 Å². The molecule has 5 aliphatic rings. The van der Waals surface area contributed by atoms with Crippen molar-refractivity contribution in [3.63, 3.8) is 0 Å². The van der Waals surface area contributed by atoms with E-state index < -0.39 is 23.8 Å². The highest BCUT2D eigenvalue weighted by molar-refractivity contribution is 6.39. The number of amides is 4. The van der Waals surface area contributed by atoms with E-state index in [-0.39, 0.29) is 16.7 Å². The predicted octanol–water partition coefficient (Wildman–Crippen LogP) is 5.87. The topological polar surface area (TPSA) is 106 Å². The molecule has 1 aromatic heterocycles. The fourth-order valence-electron chi connectivity index (χ4n) is 7.94. The first-order valence-corrected chi connectivity index (χ1v) is 14.1. The SMILES string of the molecule is COC(=O)c1ccc(-c2ccc(/C=C3\C(=O)NC(=O)N(c4ccc(C56CC7CC(CC(C7)C5)C6)cc4)C3=O)o2)cc1. The number of carbonyl (C=O) groups is 4. The second-order valence-electron chi connectivity index (χ2n) is 12.0. The maximum atomic E-state index is 13.5. The van der Waals surface area contributed by atoms with Gasteiger partial charge in [-0.25, -0.2) is 14.5 Å². The second kappa shape index (κ2) is 9.58. The smallest absolute Gasteiger partial charge is 0.337 e. The van der Waals surface area contributed by atoms with Crippen molar-refractivity contribution in [1.29, 1.82) is 0 Å². The Labute approximate surface area is 237 Å². The third kappa shape index (κ3) is 4.38. The molecule has 0 atom stereocenters. The number of esters is 1. The lowest BCUT2D eigenvalue weighted by Gasteiger charge is -2.57. The number of hydrogen-bond acceptors (Lipinski definition) is 6. The van der Waals surface area contributed by atoms with Crippen LogP contribution in [0.3, 0.4) is 0 Å². The monoisotopic (exact) mass is 550 g/mol. The summed E-state index contributed by atoms with van der Waals surface area (Å²) in [5, 5.41) is 2.29. The molecule has 2 heterocycles. The van der Waals surface area contributed by atoms with E-state index in [1.807, 2.05) is 12.1 Å². The molecule has 4 aliphatic carbocycles. The zero-order chi connectivity index (χ0) is 28.3. The number of methoxy groups -OCH3 is 1. The van der Waals surface area contributed by atoms with E-state index in [4.69, 9.17) is 9.15 Å². The van der Waals surface area contributed by atoms with Gasteiger partial charge >= 0.3 is 12.0 Å². The van der Waals surface area contributed by atoms with Gasteiger partial charge in [0.2, 0.25) is 0 Å². The van der Waals surface area contributed by atoms with Crippen molar-refractivity contribution in [2.45, 2.75) is 43.9 Å². The van der Waals surface area contributed by atoms with Crippen LogP contribution in [0.15, 0.2) is 70.7 Å². The van der Waals surface area contributed by atoms with Gasteiger partial charge in [0, 0.05) is 5.56 Å². The van der Waals surface area contributed by atoms with Crippen molar-refractivity contribution in [2.24, 2.45) is 17.8 Å².